The van der Waals surface area contributed by atoms with Crippen LogP contribution in [0.4, 0.5) is 0 Å². The van der Waals surface area contributed by atoms with Gasteiger partial charge in [0.1, 0.15) is 0 Å². The first-order valence-electron chi connectivity index (χ1n) is 20.2. The predicted molar refractivity (Wildman–Crippen MR) is 246 cm³/mol. The number of aromatic nitrogens is 7. The molecule has 0 unspecified atom stereocenters. The van der Waals surface area contributed by atoms with Crippen molar-refractivity contribution in [2.45, 2.75) is 0 Å². The third kappa shape index (κ3) is 6.90. The summed E-state index contributed by atoms with van der Waals surface area (Å²) in [5.74, 6) is 1.88. The minimum Gasteiger partial charge on any atom is -0.309 e. The van der Waals surface area contributed by atoms with Gasteiger partial charge in [0, 0.05) is 51.1 Å². The maximum atomic E-state index is 5.08. The van der Waals surface area contributed by atoms with Gasteiger partial charge in [-0.15, -0.1) is 0 Å². The van der Waals surface area contributed by atoms with Gasteiger partial charge in [-0.3, -0.25) is 9.97 Å². The predicted octanol–water partition coefficient (Wildman–Crippen LogP) is 12.8. The average molecular weight is 782 g/mol. The van der Waals surface area contributed by atoms with Crippen molar-refractivity contribution >= 4 is 21.8 Å². The molecule has 6 aromatic carbocycles. The number of nitrogens with zero attached hydrogens (tertiary/aromatic N) is 7. The van der Waals surface area contributed by atoms with Crippen LogP contribution < -0.4 is 0 Å². The molecule has 61 heavy (non-hydrogen) atoms. The van der Waals surface area contributed by atoms with Crippen LogP contribution in [0.3, 0.4) is 0 Å². The molecule has 11 aromatic rings. The summed E-state index contributed by atoms with van der Waals surface area (Å²) in [5.41, 5.74) is 13.5. The lowest BCUT2D eigenvalue weighted by atomic mass is 10.0. The quantitative estimate of drug-likeness (QED) is 0.153. The van der Waals surface area contributed by atoms with Crippen molar-refractivity contribution in [3.05, 3.63) is 213 Å². The van der Waals surface area contributed by atoms with Gasteiger partial charge in [-0.05, 0) is 71.3 Å². The van der Waals surface area contributed by atoms with Crippen molar-refractivity contribution in [1.82, 2.24) is 34.5 Å². The molecule has 0 saturated carbocycles. The first-order valence-corrected chi connectivity index (χ1v) is 20.2. The van der Waals surface area contributed by atoms with E-state index in [0.717, 1.165) is 67.4 Å². The smallest absolute Gasteiger partial charge is 0.164 e. The Morgan fingerprint density at radius 3 is 1.30 bits per heavy atom. The molecule has 11 rings (SSSR count). The second-order valence-electron chi connectivity index (χ2n) is 14.8. The zero-order valence-corrected chi connectivity index (χ0v) is 32.8. The van der Waals surface area contributed by atoms with Gasteiger partial charge < -0.3 is 4.57 Å². The van der Waals surface area contributed by atoms with Crippen LogP contribution in [-0.4, -0.2) is 34.5 Å². The largest absolute Gasteiger partial charge is 0.309 e. The minimum absolute atomic E-state index is 0.615. The molecule has 0 N–H and O–H groups in total. The molecule has 0 spiro atoms. The molecule has 0 atom stereocenters. The standard InChI is InChI=1S/C54H35N7/c1-3-13-38(14-4-1)52-58-53(39-15-5-2-6-16-39)60-54(59-52)40-24-22-36(23-25-40)41-28-31-47(56-35-41)49-34-42(33-48(57-49)46-19-11-12-32-55-46)37-26-29-43(30-27-37)61-50-20-9-7-17-44(50)45-18-8-10-21-51(45)61/h1-35H. The van der Waals surface area contributed by atoms with Crippen molar-refractivity contribution < 1.29 is 0 Å². The van der Waals surface area contributed by atoms with E-state index < -0.39 is 0 Å². The van der Waals surface area contributed by atoms with Gasteiger partial charge in [0.25, 0.3) is 0 Å². The Morgan fingerprint density at radius 2 is 0.754 bits per heavy atom. The summed E-state index contributed by atoms with van der Waals surface area (Å²) >= 11 is 0. The fourth-order valence-electron chi connectivity index (χ4n) is 7.94. The monoisotopic (exact) mass is 781 g/mol. The summed E-state index contributed by atoms with van der Waals surface area (Å²) in [6.07, 6.45) is 3.71. The summed E-state index contributed by atoms with van der Waals surface area (Å²) in [7, 11) is 0. The van der Waals surface area contributed by atoms with Crippen molar-refractivity contribution in [1.29, 1.82) is 0 Å². The van der Waals surface area contributed by atoms with Crippen LogP contribution in [0.2, 0.25) is 0 Å². The number of benzene rings is 6. The number of hydrogen-bond acceptors (Lipinski definition) is 6. The SMILES string of the molecule is c1ccc(-c2nc(-c3ccccc3)nc(-c3ccc(-c4ccc(-c5cc(-c6ccc(-n7c8ccccc8c8ccccc87)cc6)cc(-c6ccccn6)n5)nc4)cc3)n2)cc1. The Labute approximate surface area is 352 Å². The van der Waals surface area contributed by atoms with E-state index in [0.29, 0.717) is 17.5 Å². The fourth-order valence-corrected chi connectivity index (χ4v) is 7.94. The lowest BCUT2D eigenvalue weighted by molar-refractivity contribution is 1.07. The zero-order valence-electron chi connectivity index (χ0n) is 32.8. The van der Waals surface area contributed by atoms with Gasteiger partial charge in [-0.1, -0.05) is 146 Å². The average Bonchev–Trinajstić information content (AvgIpc) is 3.69. The number of rotatable bonds is 8. The molecule has 0 bridgehead atoms. The molecular weight excluding hydrogens is 747 g/mol. The lowest BCUT2D eigenvalue weighted by Gasteiger charge is -2.12. The van der Waals surface area contributed by atoms with E-state index in [1.807, 2.05) is 91.1 Å². The minimum atomic E-state index is 0.615. The Morgan fingerprint density at radius 1 is 0.295 bits per heavy atom. The van der Waals surface area contributed by atoms with Crippen molar-refractivity contribution in [3.63, 3.8) is 0 Å². The Kier molecular flexibility index (Phi) is 9.02. The summed E-state index contributed by atoms with van der Waals surface area (Å²) in [5, 5.41) is 2.48. The van der Waals surface area contributed by atoms with Crippen LogP contribution in [-0.2, 0) is 0 Å². The molecule has 0 aliphatic carbocycles. The number of fused-ring (bicyclic) bond motifs is 3. The second kappa shape index (κ2) is 15.4. The third-order valence-electron chi connectivity index (χ3n) is 11.0. The van der Waals surface area contributed by atoms with E-state index >= 15 is 0 Å². The molecule has 0 aliphatic heterocycles. The summed E-state index contributed by atoms with van der Waals surface area (Å²) in [6, 6.07) is 68.5. The highest BCUT2D eigenvalue weighted by molar-refractivity contribution is 6.09. The molecule has 5 heterocycles. The second-order valence-corrected chi connectivity index (χ2v) is 14.8. The normalized spacial score (nSPS) is 11.3. The van der Waals surface area contributed by atoms with Gasteiger partial charge in [0.15, 0.2) is 17.5 Å². The van der Waals surface area contributed by atoms with E-state index in [2.05, 4.69) is 125 Å². The van der Waals surface area contributed by atoms with Crippen molar-refractivity contribution in [2.75, 3.05) is 0 Å². The van der Waals surface area contributed by atoms with Crippen LogP contribution >= 0.6 is 0 Å². The lowest BCUT2D eigenvalue weighted by Crippen LogP contribution is -2.00. The summed E-state index contributed by atoms with van der Waals surface area (Å²) in [6.45, 7) is 0. The molecule has 0 radical (unpaired) electrons. The maximum Gasteiger partial charge on any atom is 0.164 e. The molecule has 7 nitrogen and oxygen atoms in total. The first-order chi connectivity index (χ1) is 30.2. The molecule has 5 aromatic heterocycles. The van der Waals surface area contributed by atoms with Crippen LogP contribution in [0.1, 0.15) is 0 Å². The van der Waals surface area contributed by atoms with E-state index in [1.54, 1.807) is 6.20 Å². The highest BCUT2D eigenvalue weighted by Crippen LogP contribution is 2.35. The van der Waals surface area contributed by atoms with Crippen LogP contribution in [0, 0.1) is 0 Å². The molecule has 0 saturated heterocycles. The van der Waals surface area contributed by atoms with Gasteiger partial charge in [0.05, 0.1) is 33.8 Å². The maximum absolute atomic E-state index is 5.08. The zero-order chi connectivity index (χ0) is 40.5. The number of pyridine rings is 3. The van der Waals surface area contributed by atoms with Crippen LogP contribution in [0.5, 0.6) is 0 Å². The van der Waals surface area contributed by atoms with Crippen molar-refractivity contribution in [3.8, 4) is 84.9 Å². The van der Waals surface area contributed by atoms with Gasteiger partial charge in [-0.2, -0.15) is 0 Å². The van der Waals surface area contributed by atoms with Crippen molar-refractivity contribution in [2.24, 2.45) is 0 Å². The van der Waals surface area contributed by atoms with E-state index in [9.17, 15) is 0 Å². The molecular formula is C54H35N7. The number of para-hydroxylation sites is 2. The molecule has 7 heteroatoms. The molecule has 0 fully saturated rings. The van der Waals surface area contributed by atoms with E-state index in [4.69, 9.17) is 24.9 Å². The fraction of sp³-hybridized carbons (Fsp3) is 0. The summed E-state index contributed by atoms with van der Waals surface area (Å²) < 4.78 is 2.33. The molecule has 0 aliphatic rings. The highest BCUT2D eigenvalue weighted by atomic mass is 15.0. The Balaban J connectivity index is 0.912. The Bertz CT molecular complexity index is 3200. The van der Waals surface area contributed by atoms with Gasteiger partial charge >= 0.3 is 0 Å². The van der Waals surface area contributed by atoms with E-state index in [-0.39, 0.29) is 0 Å². The third-order valence-corrected chi connectivity index (χ3v) is 11.0. The van der Waals surface area contributed by atoms with Gasteiger partial charge in [0.2, 0.25) is 0 Å². The van der Waals surface area contributed by atoms with Crippen LogP contribution in [0.25, 0.3) is 107 Å². The topological polar surface area (TPSA) is 82.3 Å². The van der Waals surface area contributed by atoms with Gasteiger partial charge in [-0.25, -0.2) is 19.9 Å². The molecule has 286 valence electrons. The van der Waals surface area contributed by atoms with E-state index in [1.165, 1.54) is 21.8 Å². The highest BCUT2D eigenvalue weighted by Gasteiger charge is 2.16. The van der Waals surface area contributed by atoms with Crippen LogP contribution in [0.15, 0.2) is 213 Å². The molecule has 0 amide bonds. The summed E-state index contributed by atoms with van der Waals surface area (Å²) in [4.78, 5) is 29.3. The first kappa shape index (κ1) is 35.7. The number of hydrogen-bond donors (Lipinski definition) is 0. The Hall–Kier alpha value is -8.42.